The maximum Gasteiger partial charge on any atom is 0.191 e. The van der Waals surface area contributed by atoms with Crippen molar-refractivity contribution in [2.45, 2.75) is 20.0 Å². The molecule has 0 aromatic heterocycles. The van der Waals surface area contributed by atoms with Crippen LogP contribution in [0.1, 0.15) is 22.8 Å². The van der Waals surface area contributed by atoms with E-state index in [1.807, 2.05) is 31.2 Å². The normalized spacial score (nSPS) is 12.5. The Balaban J connectivity index is 2.83. The van der Waals surface area contributed by atoms with Crippen LogP contribution in [0.25, 0.3) is 0 Å². The third-order valence-corrected chi connectivity index (χ3v) is 2.06. The second-order valence-electron chi connectivity index (χ2n) is 3.11. The number of aryl methyl sites for hydroxylation is 1. The Morgan fingerprint density at radius 3 is 2.31 bits per heavy atom. The van der Waals surface area contributed by atoms with Crippen molar-refractivity contribution in [3.05, 3.63) is 35.4 Å². The van der Waals surface area contributed by atoms with E-state index in [0.29, 0.717) is 5.56 Å². The molecule has 1 unspecified atom stereocenters. The van der Waals surface area contributed by atoms with Crippen LogP contribution >= 0.6 is 0 Å². The molecular formula is C11H14O2. The van der Waals surface area contributed by atoms with Gasteiger partial charge in [-0.25, -0.2) is 0 Å². The average Bonchev–Trinajstić information content (AvgIpc) is 2.17. The van der Waals surface area contributed by atoms with Gasteiger partial charge in [-0.1, -0.05) is 29.8 Å². The molecule has 0 radical (unpaired) electrons. The molecule has 13 heavy (non-hydrogen) atoms. The smallest absolute Gasteiger partial charge is 0.191 e. The number of hydrogen-bond acceptors (Lipinski definition) is 2. The van der Waals surface area contributed by atoms with E-state index < -0.39 is 0 Å². The molecule has 0 aliphatic rings. The Kier molecular flexibility index (Phi) is 3.20. The summed E-state index contributed by atoms with van der Waals surface area (Å²) in [7, 11) is 1.54. The third-order valence-electron chi connectivity index (χ3n) is 2.06. The van der Waals surface area contributed by atoms with Crippen LogP contribution < -0.4 is 0 Å². The quantitative estimate of drug-likeness (QED) is 0.663. The van der Waals surface area contributed by atoms with Crippen LogP contribution in [0.4, 0.5) is 0 Å². The van der Waals surface area contributed by atoms with Gasteiger partial charge in [0.1, 0.15) is 6.10 Å². The highest BCUT2D eigenvalue weighted by molar-refractivity contribution is 5.99. The zero-order chi connectivity index (χ0) is 9.84. The minimum atomic E-state index is -0.359. The number of carbonyl (C=O) groups excluding carboxylic acids is 1. The van der Waals surface area contributed by atoms with Gasteiger partial charge in [-0.2, -0.15) is 0 Å². The maximum absolute atomic E-state index is 11.6. The molecule has 0 aliphatic heterocycles. The molecule has 70 valence electrons. The van der Waals surface area contributed by atoms with Crippen molar-refractivity contribution < 1.29 is 9.53 Å². The van der Waals surface area contributed by atoms with Gasteiger partial charge in [0, 0.05) is 12.7 Å². The first-order valence-electron chi connectivity index (χ1n) is 4.29. The lowest BCUT2D eigenvalue weighted by Crippen LogP contribution is -2.18. The summed E-state index contributed by atoms with van der Waals surface area (Å²) in [5, 5.41) is 0. The lowest BCUT2D eigenvalue weighted by molar-refractivity contribution is 0.0655. The minimum absolute atomic E-state index is 0.0301. The molecule has 0 bridgehead atoms. The molecule has 1 rings (SSSR count). The van der Waals surface area contributed by atoms with E-state index in [1.54, 1.807) is 6.92 Å². The standard InChI is InChI=1S/C11H14O2/c1-8-4-6-10(7-5-8)11(12)9(2)13-3/h4-7,9H,1-3H3. The highest BCUT2D eigenvalue weighted by Gasteiger charge is 2.13. The van der Waals surface area contributed by atoms with Crippen molar-refractivity contribution in [1.29, 1.82) is 0 Å². The van der Waals surface area contributed by atoms with Gasteiger partial charge in [-0.3, -0.25) is 4.79 Å². The van der Waals surface area contributed by atoms with Gasteiger partial charge in [0.05, 0.1) is 0 Å². The molecule has 1 atom stereocenters. The van der Waals surface area contributed by atoms with Crippen molar-refractivity contribution in [2.75, 3.05) is 7.11 Å². The second-order valence-corrected chi connectivity index (χ2v) is 3.11. The number of benzene rings is 1. The summed E-state index contributed by atoms with van der Waals surface area (Å²) in [5.74, 6) is 0.0301. The Morgan fingerprint density at radius 2 is 1.85 bits per heavy atom. The zero-order valence-corrected chi connectivity index (χ0v) is 8.20. The summed E-state index contributed by atoms with van der Waals surface area (Å²) >= 11 is 0. The van der Waals surface area contributed by atoms with E-state index in [4.69, 9.17) is 4.74 Å². The molecule has 2 heteroatoms. The van der Waals surface area contributed by atoms with Crippen molar-refractivity contribution in [3.8, 4) is 0 Å². The minimum Gasteiger partial charge on any atom is -0.374 e. The molecule has 2 nitrogen and oxygen atoms in total. The van der Waals surface area contributed by atoms with Crippen LogP contribution in [-0.4, -0.2) is 19.0 Å². The van der Waals surface area contributed by atoms with Crippen LogP contribution in [0.15, 0.2) is 24.3 Å². The van der Waals surface area contributed by atoms with Crippen LogP contribution in [0.3, 0.4) is 0 Å². The lowest BCUT2D eigenvalue weighted by Gasteiger charge is -2.07. The molecule has 1 aromatic carbocycles. The number of rotatable bonds is 3. The fraction of sp³-hybridized carbons (Fsp3) is 0.364. The Hall–Kier alpha value is -1.15. The molecule has 0 fully saturated rings. The summed E-state index contributed by atoms with van der Waals surface area (Å²) in [6.07, 6.45) is -0.359. The van der Waals surface area contributed by atoms with Crippen molar-refractivity contribution in [2.24, 2.45) is 0 Å². The summed E-state index contributed by atoms with van der Waals surface area (Å²) in [6.45, 7) is 3.75. The Labute approximate surface area is 78.5 Å². The van der Waals surface area contributed by atoms with E-state index >= 15 is 0 Å². The van der Waals surface area contributed by atoms with Gasteiger partial charge in [-0.05, 0) is 13.8 Å². The SMILES string of the molecule is COC(C)C(=O)c1ccc(C)cc1. The van der Waals surface area contributed by atoms with Crippen molar-refractivity contribution >= 4 is 5.78 Å². The molecule has 1 aromatic rings. The monoisotopic (exact) mass is 178 g/mol. The summed E-state index contributed by atoms with van der Waals surface area (Å²) in [6, 6.07) is 7.51. The number of methoxy groups -OCH3 is 1. The summed E-state index contributed by atoms with van der Waals surface area (Å²) in [4.78, 5) is 11.6. The van der Waals surface area contributed by atoms with Crippen LogP contribution in [0.2, 0.25) is 0 Å². The number of carbonyl (C=O) groups is 1. The number of ether oxygens (including phenoxy) is 1. The first-order valence-corrected chi connectivity index (χ1v) is 4.29. The lowest BCUT2D eigenvalue weighted by atomic mass is 10.1. The Morgan fingerprint density at radius 1 is 1.31 bits per heavy atom. The molecule has 0 saturated carbocycles. The second kappa shape index (κ2) is 4.19. The molecule has 0 amide bonds. The van der Waals surface area contributed by atoms with Crippen LogP contribution in [0, 0.1) is 6.92 Å². The molecule has 0 spiro atoms. The first kappa shape index (κ1) is 9.93. The van der Waals surface area contributed by atoms with Gasteiger partial charge in [0.25, 0.3) is 0 Å². The van der Waals surface area contributed by atoms with Crippen molar-refractivity contribution in [3.63, 3.8) is 0 Å². The summed E-state index contributed by atoms with van der Waals surface area (Å²) in [5.41, 5.74) is 1.86. The van der Waals surface area contributed by atoms with E-state index in [2.05, 4.69) is 0 Å². The van der Waals surface area contributed by atoms with Gasteiger partial charge < -0.3 is 4.74 Å². The number of ketones is 1. The molecular weight excluding hydrogens is 164 g/mol. The highest BCUT2D eigenvalue weighted by atomic mass is 16.5. The zero-order valence-electron chi connectivity index (χ0n) is 8.20. The predicted octanol–water partition coefficient (Wildman–Crippen LogP) is 2.21. The fourth-order valence-electron chi connectivity index (χ4n) is 1.06. The largest absolute Gasteiger partial charge is 0.374 e. The molecule has 0 heterocycles. The molecule has 0 N–H and O–H groups in total. The third kappa shape index (κ3) is 2.39. The van der Waals surface area contributed by atoms with E-state index in [1.165, 1.54) is 7.11 Å². The number of hydrogen-bond donors (Lipinski definition) is 0. The average molecular weight is 178 g/mol. The van der Waals surface area contributed by atoms with Crippen LogP contribution in [-0.2, 0) is 4.74 Å². The predicted molar refractivity (Wildman–Crippen MR) is 52.0 cm³/mol. The van der Waals surface area contributed by atoms with Gasteiger partial charge in [0.15, 0.2) is 5.78 Å². The molecule has 0 aliphatic carbocycles. The van der Waals surface area contributed by atoms with E-state index in [-0.39, 0.29) is 11.9 Å². The fourth-order valence-corrected chi connectivity index (χ4v) is 1.06. The molecule has 0 saturated heterocycles. The maximum atomic E-state index is 11.6. The number of Topliss-reactive ketones (excluding diaryl/α,β-unsaturated/α-hetero) is 1. The Bertz CT molecular complexity index is 287. The highest BCUT2D eigenvalue weighted by Crippen LogP contribution is 2.07. The topological polar surface area (TPSA) is 26.3 Å². The van der Waals surface area contributed by atoms with E-state index in [9.17, 15) is 4.79 Å². The van der Waals surface area contributed by atoms with Gasteiger partial charge in [-0.15, -0.1) is 0 Å². The van der Waals surface area contributed by atoms with Crippen LogP contribution in [0.5, 0.6) is 0 Å². The van der Waals surface area contributed by atoms with Gasteiger partial charge >= 0.3 is 0 Å². The van der Waals surface area contributed by atoms with E-state index in [0.717, 1.165) is 5.56 Å². The van der Waals surface area contributed by atoms with Crippen molar-refractivity contribution in [1.82, 2.24) is 0 Å². The van der Waals surface area contributed by atoms with Gasteiger partial charge in [0.2, 0.25) is 0 Å². The first-order chi connectivity index (χ1) is 6.15. The summed E-state index contributed by atoms with van der Waals surface area (Å²) < 4.78 is 4.95.